The number of aliphatic carboxylic acids is 2. The number of benzene rings is 2. The molecule has 2 aliphatic rings. The molecule has 2 saturated heterocycles. The number of rotatable bonds is 4. The van der Waals surface area contributed by atoms with Crippen molar-refractivity contribution in [1.82, 2.24) is 20.6 Å². The predicted molar refractivity (Wildman–Crippen MR) is 171 cm³/mol. The van der Waals surface area contributed by atoms with E-state index in [0.717, 1.165) is 12.8 Å². The lowest BCUT2D eigenvalue weighted by Crippen LogP contribution is -2.37. The number of hydrogen-bond donors (Lipinski definition) is 4. The lowest BCUT2D eigenvalue weighted by molar-refractivity contribution is -0.159. The highest BCUT2D eigenvalue weighted by Crippen LogP contribution is 2.44. The first-order valence-corrected chi connectivity index (χ1v) is 14.9. The molecule has 6 rings (SSSR count). The zero-order valence-electron chi connectivity index (χ0n) is 25.7. The second-order valence-corrected chi connectivity index (χ2v) is 12.4. The smallest absolute Gasteiger partial charge is 0.414 e. The van der Waals surface area contributed by atoms with E-state index in [1.807, 2.05) is 36.9 Å². The predicted octanol–water partition coefficient (Wildman–Crippen LogP) is 6.51. The van der Waals surface area contributed by atoms with E-state index in [9.17, 15) is 0 Å². The molecule has 8 nitrogen and oxygen atoms in total. The van der Waals surface area contributed by atoms with Gasteiger partial charge in [-0.2, -0.15) is 0 Å². The summed E-state index contributed by atoms with van der Waals surface area (Å²) in [5, 5.41) is 22.3. The average molecular weight is 595 g/mol. The van der Waals surface area contributed by atoms with Crippen LogP contribution in [0.25, 0.3) is 0 Å². The fourth-order valence-corrected chi connectivity index (χ4v) is 6.36. The highest BCUT2D eigenvalue weighted by atomic mass is 16.4. The fourth-order valence-electron chi connectivity index (χ4n) is 6.36. The summed E-state index contributed by atoms with van der Waals surface area (Å²) in [6.45, 7) is 9.14. The Morgan fingerprint density at radius 3 is 1.23 bits per heavy atom. The third-order valence-corrected chi connectivity index (χ3v) is 8.54. The molecule has 0 spiro atoms. The molecule has 2 fully saturated rings. The van der Waals surface area contributed by atoms with Crippen molar-refractivity contribution < 1.29 is 19.8 Å². The van der Waals surface area contributed by atoms with Crippen LogP contribution in [0.4, 0.5) is 0 Å². The second kappa shape index (κ2) is 14.4. The summed E-state index contributed by atoms with van der Waals surface area (Å²) in [6, 6.07) is 30.7. The van der Waals surface area contributed by atoms with Crippen molar-refractivity contribution in [2.24, 2.45) is 0 Å². The van der Waals surface area contributed by atoms with Gasteiger partial charge in [0.15, 0.2) is 0 Å². The topological polar surface area (TPSA) is 124 Å². The zero-order valence-corrected chi connectivity index (χ0v) is 25.7. The summed E-state index contributed by atoms with van der Waals surface area (Å²) in [6.07, 6.45) is 9.94. The molecule has 0 bridgehead atoms. The highest BCUT2D eigenvalue weighted by Gasteiger charge is 2.42. The highest BCUT2D eigenvalue weighted by molar-refractivity contribution is 6.27. The van der Waals surface area contributed by atoms with Gasteiger partial charge in [0.25, 0.3) is 0 Å². The van der Waals surface area contributed by atoms with Crippen LogP contribution < -0.4 is 10.6 Å². The number of hydrogen-bond acceptors (Lipinski definition) is 6. The van der Waals surface area contributed by atoms with Crippen LogP contribution in [-0.2, 0) is 9.59 Å². The van der Waals surface area contributed by atoms with Crippen molar-refractivity contribution >= 4 is 11.9 Å². The van der Waals surface area contributed by atoms with Crippen LogP contribution in [0.3, 0.4) is 0 Å². The minimum Gasteiger partial charge on any atom is -0.473 e. The lowest BCUT2D eigenvalue weighted by Gasteiger charge is -2.27. The summed E-state index contributed by atoms with van der Waals surface area (Å²) < 4.78 is 0. The monoisotopic (exact) mass is 594 g/mol. The number of carbonyl (C=O) groups is 2. The van der Waals surface area contributed by atoms with Gasteiger partial charge in [-0.1, -0.05) is 72.8 Å². The quantitative estimate of drug-likeness (QED) is 0.197. The van der Waals surface area contributed by atoms with Gasteiger partial charge in [0, 0.05) is 59.8 Å². The number of nitrogens with one attached hydrogen (secondary N) is 2. The van der Waals surface area contributed by atoms with Crippen molar-refractivity contribution in [1.29, 1.82) is 0 Å². The molecule has 4 aromatic rings. The van der Waals surface area contributed by atoms with Crippen molar-refractivity contribution in [2.75, 3.05) is 0 Å². The van der Waals surface area contributed by atoms with E-state index in [4.69, 9.17) is 19.8 Å². The summed E-state index contributed by atoms with van der Waals surface area (Å²) in [7, 11) is 0. The summed E-state index contributed by atoms with van der Waals surface area (Å²) in [5.74, 6) is -2.64. The van der Waals surface area contributed by atoms with Gasteiger partial charge >= 0.3 is 11.9 Å². The molecule has 0 saturated carbocycles. The molecule has 2 aliphatic heterocycles. The van der Waals surface area contributed by atoms with E-state index in [1.165, 1.54) is 22.3 Å². The molecule has 0 aliphatic carbocycles. The van der Waals surface area contributed by atoms with Crippen LogP contribution >= 0.6 is 0 Å². The van der Waals surface area contributed by atoms with Gasteiger partial charge in [-0.3, -0.25) is 9.97 Å². The van der Waals surface area contributed by atoms with E-state index >= 15 is 0 Å². The number of aromatic nitrogens is 2. The average Bonchev–Trinajstić information content (AvgIpc) is 3.54. The zero-order chi connectivity index (χ0) is 31.7. The first kappa shape index (κ1) is 32.5. The number of nitrogens with zero attached hydrogens (tertiary/aromatic N) is 2. The van der Waals surface area contributed by atoms with Crippen molar-refractivity contribution in [3.8, 4) is 0 Å². The Balaban J connectivity index is 0.000000170. The molecule has 4 N–H and O–H groups in total. The van der Waals surface area contributed by atoms with Gasteiger partial charge in [-0.25, -0.2) is 9.59 Å². The largest absolute Gasteiger partial charge is 0.473 e. The Kier molecular flexibility index (Phi) is 10.6. The third kappa shape index (κ3) is 8.36. The third-order valence-electron chi connectivity index (χ3n) is 8.54. The van der Waals surface area contributed by atoms with E-state index < -0.39 is 11.9 Å². The fraction of sp³-hybridized carbons (Fsp3) is 0.333. The number of carboxylic acid groups (broad SMARTS) is 2. The summed E-state index contributed by atoms with van der Waals surface area (Å²) in [4.78, 5) is 26.7. The van der Waals surface area contributed by atoms with E-state index in [2.05, 4.69) is 121 Å². The van der Waals surface area contributed by atoms with Gasteiger partial charge in [-0.05, 0) is 74.9 Å². The standard InChI is InChI=1S/2C17H20N2.C2H2O4/c2*1-17(2)15(14-9-6-10-18-12-14)11-16(19-17)13-7-4-3-5-8-13;3-1(4)2(5)6/h2*3-10,12,15-16,19H,11H2,1-2H3;(H,3,4)(H,5,6)/t2*15-,16-;/m00./s1. The van der Waals surface area contributed by atoms with Crippen molar-refractivity contribution in [3.63, 3.8) is 0 Å². The summed E-state index contributed by atoms with van der Waals surface area (Å²) in [5.41, 5.74) is 5.62. The molecule has 4 atom stereocenters. The molecule has 0 amide bonds. The molecule has 2 aromatic carbocycles. The van der Waals surface area contributed by atoms with Crippen molar-refractivity contribution in [3.05, 3.63) is 132 Å². The van der Waals surface area contributed by atoms with Crippen LogP contribution in [0.15, 0.2) is 110 Å². The maximum absolute atomic E-state index is 9.10. The molecular formula is C36H42N4O4. The van der Waals surface area contributed by atoms with Gasteiger partial charge in [0.2, 0.25) is 0 Å². The van der Waals surface area contributed by atoms with Gasteiger partial charge in [-0.15, -0.1) is 0 Å². The molecule has 4 heterocycles. The van der Waals surface area contributed by atoms with Crippen LogP contribution in [0, 0.1) is 0 Å². The molecular weight excluding hydrogens is 552 g/mol. The number of carboxylic acids is 2. The van der Waals surface area contributed by atoms with Crippen molar-refractivity contribution in [2.45, 2.75) is 75.5 Å². The minimum absolute atomic E-state index is 0.101. The number of pyridine rings is 2. The van der Waals surface area contributed by atoms with Crippen LogP contribution in [0.5, 0.6) is 0 Å². The van der Waals surface area contributed by atoms with Crippen LogP contribution in [0.1, 0.15) is 86.7 Å². The Labute approximate surface area is 259 Å². The Morgan fingerprint density at radius 2 is 0.932 bits per heavy atom. The Hall–Kier alpha value is -4.40. The summed E-state index contributed by atoms with van der Waals surface area (Å²) >= 11 is 0. The molecule has 0 unspecified atom stereocenters. The lowest BCUT2D eigenvalue weighted by atomic mass is 9.83. The van der Waals surface area contributed by atoms with Gasteiger partial charge in [0.05, 0.1) is 0 Å². The Bertz CT molecular complexity index is 1370. The van der Waals surface area contributed by atoms with E-state index in [0.29, 0.717) is 23.9 Å². The minimum atomic E-state index is -1.82. The van der Waals surface area contributed by atoms with E-state index in [1.54, 1.807) is 0 Å². The normalized spacial score (nSPS) is 22.9. The van der Waals surface area contributed by atoms with Crippen LogP contribution in [0.2, 0.25) is 0 Å². The second-order valence-electron chi connectivity index (χ2n) is 12.4. The van der Waals surface area contributed by atoms with Gasteiger partial charge in [0.1, 0.15) is 0 Å². The first-order valence-electron chi connectivity index (χ1n) is 14.9. The molecule has 230 valence electrons. The molecule has 2 aromatic heterocycles. The maximum Gasteiger partial charge on any atom is 0.414 e. The van der Waals surface area contributed by atoms with Gasteiger partial charge < -0.3 is 20.8 Å². The molecule has 8 heteroatoms. The first-order chi connectivity index (χ1) is 21.0. The van der Waals surface area contributed by atoms with Crippen LogP contribution in [-0.4, -0.2) is 43.2 Å². The molecule has 44 heavy (non-hydrogen) atoms. The SMILES string of the molecule is CC1(C)N[C@H](c2ccccc2)C[C@H]1c1cccnc1.CC1(C)N[C@H](c2ccccc2)C[C@H]1c1cccnc1.O=C(O)C(=O)O. The Morgan fingerprint density at radius 1 is 0.591 bits per heavy atom. The molecule has 0 radical (unpaired) electrons. The maximum atomic E-state index is 9.10. The van der Waals surface area contributed by atoms with E-state index in [-0.39, 0.29) is 11.1 Å².